The lowest BCUT2D eigenvalue weighted by molar-refractivity contribution is -0.0573. The molecule has 0 bridgehead atoms. The molecule has 18 heavy (non-hydrogen) atoms. The van der Waals surface area contributed by atoms with E-state index in [1.165, 1.54) is 0 Å². The van der Waals surface area contributed by atoms with Crippen LogP contribution < -0.4 is 10.6 Å². The monoisotopic (exact) mass is 251 g/mol. The van der Waals surface area contributed by atoms with E-state index < -0.39 is 5.60 Å². The first-order valence-corrected chi connectivity index (χ1v) is 6.30. The summed E-state index contributed by atoms with van der Waals surface area (Å²) in [5.74, 6) is 0.845. The van der Waals surface area contributed by atoms with Gasteiger partial charge in [0.25, 0.3) is 0 Å². The maximum atomic E-state index is 10.5. The lowest BCUT2D eigenvalue weighted by Gasteiger charge is -2.35. The second-order valence-corrected chi connectivity index (χ2v) is 4.88. The molecule has 0 atom stereocenters. The summed E-state index contributed by atoms with van der Waals surface area (Å²) in [5.41, 5.74) is 5.77. The van der Waals surface area contributed by atoms with Crippen LogP contribution in [0.5, 0.6) is 0 Å². The SMILES string of the molecule is CN(CC1(O)CCOCC1)c1cccc(CN)n1. The zero-order chi connectivity index (χ0) is 13.0. The van der Waals surface area contributed by atoms with Gasteiger partial charge in [-0.3, -0.25) is 0 Å². The van der Waals surface area contributed by atoms with Crippen molar-refractivity contribution in [1.29, 1.82) is 0 Å². The highest BCUT2D eigenvalue weighted by Gasteiger charge is 2.31. The summed E-state index contributed by atoms with van der Waals surface area (Å²) in [6.07, 6.45) is 1.35. The Balaban J connectivity index is 2.03. The first-order chi connectivity index (χ1) is 8.63. The van der Waals surface area contributed by atoms with E-state index >= 15 is 0 Å². The molecule has 1 saturated heterocycles. The van der Waals surface area contributed by atoms with Crippen molar-refractivity contribution in [2.24, 2.45) is 5.73 Å². The molecule has 2 heterocycles. The summed E-state index contributed by atoms with van der Waals surface area (Å²) in [6.45, 7) is 2.25. The van der Waals surface area contributed by atoms with Gasteiger partial charge in [0.1, 0.15) is 5.82 Å². The molecule has 100 valence electrons. The molecule has 1 aliphatic rings. The molecule has 0 aromatic carbocycles. The standard InChI is InChI=1S/C13H21N3O2/c1-16(10-13(17)5-7-18-8-6-13)12-4-2-3-11(9-14)15-12/h2-4,17H,5-10,14H2,1H3. The first kappa shape index (κ1) is 13.3. The minimum absolute atomic E-state index is 0.430. The van der Waals surface area contributed by atoms with Crippen LogP contribution in [0.25, 0.3) is 0 Å². The lowest BCUT2D eigenvalue weighted by Crippen LogP contribution is -2.46. The molecule has 0 aliphatic carbocycles. The Kier molecular flexibility index (Phi) is 4.16. The minimum atomic E-state index is -0.673. The van der Waals surface area contributed by atoms with Crippen molar-refractivity contribution < 1.29 is 9.84 Å². The summed E-state index contributed by atoms with van der Waals surface area (Å²) in [7, 11) is 1.94. The summed E-state index contributed by atoms with van der Waals surface area (Å²) < 4.78 is 5.28. The number of nitrogens with zero attached hydrogens (tertiary/aromatic N) is 2. The van der Waals surface area contributed by atoms with E-state index in [1.807, 2.05) is 30.1 Å². The highest BCUT2D eigenvalue weighted by Crippen LogP contribution is 2.23. The third-order valence-corrected chi connectivity index (χ3v) is 3.35. The molecule has 1 fully saturated rings. The third kappa shape index (κ3) is 3.19. The summed E-state index contributed by atoms with van der Waals surface area (Å²) in [4.78, 5) is 6.42. The van der Waals surface area contributed by atoms with Gasteiger partial charge in [0.15, 0.2) is 0 Å². The van der Waals surface area contributed by atoms with Gasteiger partial charge in [-0.05, 0) is 12.1 Å². The maximum absolute atomic E-state index is 10.5. The Bertz CT molecular complexity index is 392. The van der Waals surface area contributed by atoms with Crippen LogP contribution in [0.15, 0.2) is 18.2 Å². The number of ether oxygens (including phenoxy) is 1. The second-order valence-electron chi connectivity index (χ2n) is 4.88. The molecule has 3 N–H and O–H groups in total. The van der Waals surface area contributed by atoms with Crippen LogP contribution in [0.4, 0.5) is 5.82 Å². The van der Waals surface area contributed by atoms with Crippen molar-refractivity contribution in [2.45, 2.75) is 25.0 Å². The fraction of sp³-hybridized carbons (Fsp3) is 0.615. The average Bonchev–Trinajstić information content (AvgIpc) is 2.39. The van der Waals surface area contributed by atoms with Gasteiger partial charge in [0, 0.05) is 46.2 Å². The zero-order valence-corrected chi connectivity index (χ0v) is 10.8. The smallest absolute Gasteiger partial charge is 0.128 e. The lowest BCUT2D eigenvalue weighted by atomic mass is 9.94. The van der Waals surface area contributed by atoms with Crippen molar-refractivity contribution >= 4 is 5.82 Å². The van der Waals surface area contributed by atoms with Crippen LogP contribution in [0.1, 0.15) is 18.5 Å². The normalized spacial score (nSPS) is 18.6. The molecule has 5 nitrogen and oxygen atoms in total. The van der Waals surface area contributed by atoms with Crippen LogP contribution in [-0.2, 0) is 11.3 Å². The van der Waals surface area contributed by atoms with Gasteiger partial charge in [-0.1, -0.05) is 6.07 Å². The largest absolute Gasteiger partial charge is 0.388 e. The van der Waals surface area contributed by atoms with Gasteiger partial charge in [0.2, 0.25) is 0 Å². The number of rotatable bonds is 4. The van der Waals surface area contributed by atoms with E-state index in [1.54, 1.807) is 0 Å². The molecule has 0 spiro atoms. The third-order valence-electron chi connectivity index (χ3n) is 3.35. The predicted octanol–water partition coefficient (Wildman–Crippen LogP) is 0.518. The Labute approximate surface area is 108 Å². The average molecular weight is 251 g/mol. The van der Waals surface area contributed by atoms with E-state index in [9.17, 15) is 5.11 Å². The molecule has 5 heteroatoms. The molecule has 2 rings (SSSR count). The quantitative estimate of drug-likeness (QED) is 0.816. The molecular formula is C13H21N3O2. The van der Waals surface area contributed by atoms with Crippen LogP contribution in [0.3, 0.4) is 0 Å². The molecule has 1 aromatic heterocycles. The highest BCUT2D eigenvalue weighted by atomic mass is 16.5. The van der Waals surface area contributed by atoms with Crippen molar-refractivity contribution in [3.63, 3.8) is 0 Å². The van der Waals surface area contributed by atoms with Gasteiger partial charge < -0.3 is 20.5 Å². The van der Waals surface area contributed by atoms with Gasteiger partial charge in [-0.2, -0.15) is 0 Å². The Morgan fingerprint density at radius 3 is 2.83 bits per heavy atom. The van der Waals surface area contributed by atoms with Crippen LogP contribution in [0, 0.1) is 0 Å². The number of pyridine rings is 1. The van der Waals surface area contributed by atoms with E-state index in [0.717, 1.165) is 11.5 Å². The van der Waals surface area contributed by atoms with E-state index in [0.29, 0.717) is 39.1 Å². The Morgan fingerprint density at radius 1 is 1.44 bits per heavy atom. The number of nitrogens with two attached hydrogens (primary N) is 1. The fourth-order valence-corrected chi connectivity index (χ4v) is 2.23. The van der Waals surface area contributed by atoms with Gasteiger partial charge in [-0.25, -0.2) is 4.98 Å². The fourth-order valence-electron chi connectivity index (χ4n) is 2.23. The number of aliphatic hydroxyl groups is 1. The minimum Gasteiger partial charge on any atom is -0.388 e. The van der Waals surface area contributed by atoms with E-state index in [4.69, 9.17) is 10.5 Å². The summed E-state index contributed by atoms with van der Waals surface area (Å²) in [5, 5.41) is 10.5. The van der Waals surface area contributed by atoms with Gasteiger partial charge >= 0.3 is 0 Å². The van der Waals surface area contributed by atoms with Crippen molar-refractivity contribution in [3.8, 4) is 0 Å². The summed E-state index contributed by atoms with van der Waals surface area (Å²) in [6, 6.07) is 5.78. The molecule has 0 unspecified atom stereocenters. The molecule has 0 radical (unpaired) electrons. The molecule has 1 aliphatic heterocycles. The Morgan fingerprint density at radius 2 is 2.17 bits per heavy atom. The van der Waals surface area contributed by atoms with Crippen molar-refractivity contribution in [3.05, 3.63) is 23.9 Å². The topological polar surface area (TPSA) is 71.6 Å². The van der Waals surface area contributed by atoms with Crippen molar-refractivity contribution in [1.82, 2.24) is 4.98 Å². The van der Waals surface area contributed by atoms with Gasteiger partial charge in [0.05, 0.1) is 11.3 Å². The molecule has 1 aromatic rings. The van der Waals surface area contributed by atoms with Crippen LogP contribution in [0.2, 0.25) is 0 Å². The number of hydrogen-bond donors (Lipinski definition) is 2. The molecular weight excluding hydrogens is 230 g/mol. The second kappa shape index (κ2) is 5.65. The highest BCUT2D eigenvalue weighted by molar-refractivity contribution is 5.38. The van der Waals surface area contributed by atoms with Crippen molar-refractivity contribution in [2.75, 3.05) is 31.7 Å². The molecule has 0 saturated carbocycles. The summed E-state index contributed by atoms with van der Waals surface area (Å²) >= 11 is 0. The first-order valence-electron chi connectivity index (χ1n) is 6.30. The van der Waals surface area contributed by atoms with Crippen LogP contribution in [-0.4, -0.2) is 42.5 Å². The van der Waals surface area contributed by atoms with E-state index in [-0.39, 0.29) is 0 Å². The number of aromatic nitrogens is 1. The zero-order valence-electron chi connectivity index (χ0n) is 10.8. The predicted molar refractivity (Wildman–Crippen MR) is 70.4 cm³/mol. The number of likely N-dealkylation sites (N-methyl/N-ethyl adjacent to an activating group) is 1. The van der Waals surface area contributed by atoms with E-state index in [2.05, 4.69) is 4.98 Å². The Hall–Kier alpha value is -1.17. The number of anilines is 1. The van der Waals surface area contributed by atoms with Crippen LogP contribution >= 0.6 is 0 Å². The maximum Gasteiger partial charge on any atom is 0.128 e. The molecule has 0 amide bonds. The van der Waals surface area contributed by atoms with Gasteiger partial charge in [-0.15, -0.1) is 0 Å². The number of hydrogen-bond acceptors (Lipinski definition) is 5.